The van der Waals surface area contributed by atoms with Gasteiger partial charge >= 0.3 is 0 Å². The van der Waals surface area contributed by atoms with Gasteiger partial charge in [0.2, 0.25) is 0 Å². The van der Waals surface area contributed by atoms with Crippen LogP contribution in [-0.2, 0) is 4.74 Å². The zero-order chi connectivity index (χ0) is 19.5. The van der Waals surface area contributed by atoms with Crippen LogP contribution in [-0.4, -0.2) is 44.3 Å². The molecular weight excluding hydrogens is 354 g/mol. The summed E-state index contributed by atoms with van der Waals surface area (Å²) >= 11 is 0. The lowest BCUT2D eigenvalue weighted by Gasteiger charge is -2.33. The van der Waals surface area contributed by atoms with E-state index in [1.165, 1.54) is 0 Å². The zero-order valence-electron chi connectivity index (χ0n) is 16.2. The number of rotatable bonds is 5. The minimum Gasteiger partial charge on any atom is -0.497 e. The number of benzene rings is 2. The average Bonchev–Trinajstić information content (AvgIpc) is 3.18. The molecular formula is C22H25N3O3. The van der Waals surface area contributed by atoms with Gasteiger partial charge in [0.1, 0.15) is 11.4 Å². The standard InChI is InChI=1S/C22H25N3O3/c1-27-18-10-5-15-12-21(24-20(15)13-18)22(26)23-16-6-8-17(9-7-16)25-11-3-4-19(14-25)28-2/h5-10,12-13,19,24H,3-4,11,14H2,1-2H3,(H,23,26). The second-order valence-electron chi connectivity index (χ2n) is 7.08. The Hall–Kier alpha value is -2.99. The Kier molecular flexibility index (Phi) is 5.21. The average molecular weight is 379 g/mol. The highest BCUT2D eigenvalue weighted by molar-refractivity contribution is 6.06. The van der Waals surface area contributed by atoms with Crippen LogP contribution in [0.25, 0.3) is 10.9 Å². The Morgan fingerprint density at radius 1 is 1.14 bits per heavy atom. The van der Waals surface area contributed by atoms with Gasteiger partial charge in [-0.3, -0.25) is 4.79 Å². The number of ether oxygens (including phenoxy) is 2. The molecule has 1 aliphatic rings. The van der Waals surface area contributed by atoms with Crippen molar-refractivity contribution >= 4 is 28.2 Å². The first-order chi connectivity index (χ1) is 13.7. The predicted molar refractivity (Wildman–Crippen MR) is 111 cm³/mol. The van der Waals surface area contributed by atoms with Crippen molar-refractivity contribution in [2.75, 3.05) is 37.5 Å². The maximum atomic E-state index is 12.6. The second kappa shape index (κ2) is 7.94. The van der Waals surface area contributed by atoms with Gasteiger partial charge in [-0.1, -0.05) is 0 Å². The number of amides is 1. The summed E-state index contributed by atoms with van der Waals surface area (Å²) in [6.45, 7) is 1.94. The fourth-order valence-corrected chi connectivity index (χ4v) is 3.67. The van der Waals surface area contributed by atoms with E-state index >= 15 is 0 Å². The molecule has 0 bridgehead atoms. The number of hydrogen-bond acceptors (Lipinski definition) is 4. The van der Waals surface area contributed by atoms with E-state index in [9.17, 15) is 4.79 Å². The molecule has 1 aliphatic heterocycles. The minimum absolute atomic E-state index is 0.166. The van der Waals surface area contributed by atoms with Crippen molar-refractivity contribution in [1.29, 1.82) is 0 Å². The van der Waals surface area contributed by atoms with Crippen molar-refractivity contribution in [3.63, 3.8) is 0 Å². The molecule has 6 heteroatoms. The number of piperidine rings is 1. The first kappa shape index (κ1) is 18.4. The molecule has 3 aromatic rings. The van der Waals surface area contributed by atoms with Crippen LogP contribution >= 0.6 is 0 Å². The third-order valence-corrected chi connectivity index (χ3v) is 5.28. The number of fused-ring (bicyclic) bond motifs is 1. The molecule has 1 fully saturated rings. The monoisotopic (exact) mass is 379 g/mol. The van der Waals surface area contributed by atoms with Gasteiger partial charge in [-0.15, -0.1) is 0 Å². The van der Waals surface area contributed by atoms with Crippen molar-refractivity contribution < 1.29 is 14.3 Å². The van der Waals surface area contributed by atoms with Gasteiger partial charge in [-0.25, -0.2) is 0 Å². The van der Waals surface area contributed by atoms with Crippen LogP contribution in [0, 0.1) is 0 Å². The summed E-state index contributed by atoms with van der Waals surface area (Å²) in [6.07, 6.45) is 2.52. The third kappa shape index (κ3) is 3.82. The summed E-state index contributed by atoms with van der Waals surface area (Å²) in [6, 6.07) is 15.5. The van der Waals surface area contributed by atoms with Crippen LogP contribution in [0.5, 0.6) is 5.75 Å². The predicted octanol–water partition coefficient (Wildman–Crippen LogP) is 4.04. The molecule has 28 heavy (non-hydrogen) atoms. The molecule has 0 spiro atoms. The van der Waals surface area contributed by atoms with Crippen molar-refractivity contribution in [3.05, 3.63) is 54.2 Å². The van der Waals surface area contributed by atoms with Crippen LogP contribution in [0.2, 0.25) is 0 Å². The van der Waals surface area contributed by atoms with Gasteiger partial charge in [-0.2, -0.15) is 0 Å². The number of aromatic amines is 1. The van der Waals surface area contributed by atoms with E-state index < -0.39 is 0 Å². The molecule has 4 rings (SSSR count). The lowest BCUT2D eigenvalue weighted by molar-refractivity contribution is 0.0893. The smallest absolute Gasteiger partial charge is 0.272 e. The highest BCUT2D eigenvalue weighted by Gasteiger charge is 2.19. The molecule has 1 unspecified atom stereocenters. The fourth-order valence-electron chi connectivity index (χ4n) is 3.67. The summed E-state index contributed by atoms with van der Waals surface area (Å²) in [5, 5.41) is 3.92. The Balaban J connectivity index is 1.44. The van der Waals surface area contributed by atoms with Gasteiger partial charge in [0.15, 0.2) is 0 Å². The number of nitrogens with one attached hydrogen (secondary N) is 2. The molecule has 0 radical (unpaired) electrons. The molecule has 2 aromatic carbocycles. The normalized spacial score (nSPS) is 16.9. The SMILES string of the molecule is COc1ccc2cc(C(=O)Nc3ccc(N4CCCC(OC)C4)cc3)[nH]c2c1. The Labute approximate surface area is 164 Å². The molecule has 2 N–H and O–H groups in total. The van der Waals surface area contributed by atoms with Crippen molar-refractivity contribution in [2.24, 2.45) is 0 Å². The van der Waals surface area contributed by atoms with Crippen LogP contribution < -0.4 is 15.0 Å². The molecule has 1 aromatic heterocycles. The topological polar surface area (TPSA) is 66.6 Å². The number of carbonyl (C=O) groups is 1. The second-order valence-corrected chi connectivity index (χ2v) is 7.08. The van der Waals surface area contributed by atoms with Gasteiger partial charge in [0.25, 0.3) is 5.91 Å². The number of nitrogens with zero attached hydrogens (tertiary/aromatic N) is 1. The molecule has 1 atom stereocenters. The van der Waals surface area contributed by atoms with Crippen molar-refractivity contribution in [3.8, 4) is 5.75 Å². The van der Waals surface area contributed by atoms with E-state index in [2.05, 4.69) is 15.2 Å². The maximum Gasteiger partial charge on any atom is 0.272 e. The van der Waals surface area contributed by atoms with Crippen LogP contribution in [0.15, 0.2) is 48.5 Å². The Morgan fingerprint density at radius 2 is 1.96 bits per heavy atom. The van der Waals surface area contributed by atoms with Gasteiger partial charge in [-0.05, 0) is 55.3 Å². The highest BCUT2D eigenvalue weighted by atomic mass is 16.5. The van der Waals surface area contributed by atoms with E-state index in [4.69, 9.17) is 9.47 Å². The van der Waals surface area contributed by atoms with Gasteiger partial charge in [0, 0.05) is 48.5 Å². The summed E-state index contributed by atoms with van der Waals surface area (Å²) in [5.74, 6) is 0.589. The highest BCUT2D eigenvalue weighted by Crippen LogP contribution is 2.24. The lowest BCUT2D eigenvalue weighted by atomic mass is 10.1. The Bertz CT molecular complexity index is 965. The van der Waals surface area contributed by atoms with E-state index in [0.29, 0.717) is 5.69 Å². The van der Waals surface area contributed by atoms with E-state index in [1.807, 2.05) is 48.5 Å². The first-order valence-corrected chi connectivity index (χ1v) is 9.52. The zero-order valence-corrected chi connectivity index (χ0v) is 16.2. The molecule has 0 aliphatic carbocycles. The largest absolute Gasteiger partial charge is 0.497 e. The van der Waals surface area contributed by atoms with Crippen LogP contribution in [0.3, 0.4) is 0 Å². The van der Waals surface area contributed by atoms with Gasteiger partial charge < -0.3 is 24.7 Å². The Morgan fingerprint density at radius 3 is 2.71 bits per heavy atom. The van der Waals surface area contributed by atoms with Crippen molar-refractivity contribution in [2.45, 2.75) is 18.9 Å². The first-order valence-electron chi connectivity index (χ1n) is 9.52. The fraction of sp³-hybridized carbons (Fsp3) is 0.318. The van der Waals surface area contributed by atoms with Crippen LogP contribution in [0.4, 0.5) is 11.4 Å². The summed E-state index contributed by atoms with van der Waals surface area (Å²) < 4.78 is 10.7. The summed E-state index contributed by atoms with van der Waals surface area (Å²) in [5.41, 5.74) is 3.31. The number of carbonyl (C=O) groups excluding carboxylic acids is 1. The minimum atomic E-state index is -0.166. The molecule has 1 saturated heterocycles. The third-order valence-electron chi connectivity index (χ3n) is 5.28. The van der Waals surface area contributed by atoms with Crippen molar-refractivity contribution in [1.82, 2.24) is 4.98 Å². The molecule has 0 saturated carbocycles. The molecule has 1 amide bonds. The molecule has 146 valence electrons. The quantitative estimate of drug-likeness (QED) is 0.702. The number of anilines is 2. The number of aromatic nitrogens is 1. The number of hydrogen-bond donors (Lipinski definition) is 2. The number of H-pyrrole nitrogens is 1. The summed E-state index contributed by atoms with van der Waals surface area (Å²) in [4.78, 5) is 18.1. The molecule has 6 nitrogen and oxygen atoms in total. The maximum absolute atomic E-state index is 12.6. The molecule has 2 heterocycles. The van der Waals surface area contributed by atoms with E-state index in [0.717, 1.165) is 54.0 Å². The van der Waals surface area contributed by atoms with Crippen LogP contribution in [0.1, 0.15) is 23.3 Å². The van der Waals surface area contributed by atoms with E-state index in [-0.39, 0.29) is 12.0 Å². The van der Waals surface area contributed by atoms with E-state index in [1.54, 1.807) is 14.2 Å². The lowest BCUT2D eigenvalue weighted by Crippen LogP contribution is -2.39. The summed E-state index contributed by atoms with van der Waals surface area (Å²) in [7, 11) is 3.40. The van der Waals surface area contributed by atoms with Gasteiger partial charge in [0.05, 0.1) is 13.2 Å². The number of methoxy groups -OCH3 is 2.